The Bertz CT molecular complexity index is 978. The Balaban J connectivity index is 1.13. The number of ether oxygens (including phenoxy) is 3. The lowest BCUT2D eigenvalue weighted by Gasteiger charge is -2.34. The van der Waals surface area contributed by atoms with Gasteiger partial charge in [0.05, 0.1) is 6.42 Å². The molecule has 3 heterocycles. The van der Waals surface area contributed by atoms with Crippen LogP contribution in [-0.4, -0.2) is 38.1 Å². The summed E-state index contributed by atoms with van der Waals surface area (Å²) in [5, 5.41) is 0. The monoisotopic (exact) mass is 407 g/mol. The van der Waals surface area contributed by atoms with E-state index < -0.39 is 0 Å². The summed E-state index contributed by atoms with van der Waals surface area (Å²) in [6.07, 6.45) is 3.87. The smallest absolute Gasteiger partial charge is 0.315 e. The van der Waals surface area contributed by atoms with Crippen molar-refractivity contribution < 1.29 is 23.8 Å². The molecule has 6 heteroatoms. The highest BCUT2D eigenvalue weighted by atomic mass is 16.6. The van der Waals surface area contributed by atoms with Crippen LogP contribution in [-0.2, 0) is 11.2 Å². The van der Waals surface area contributed by atoms with E-state index in [1.807, 2.05) is 18.2 Å². The molecule has 0 N–H and O–H groups in total. The van der Waals surface area contributed by atoms with Crippen LogP contribution in [0.4, 0.5) is 5.69 Å². The van der Waals surface area contributed by atoms with Gasteiger partial charge in [0, 0.05) is 42.4 Å². The summed E-state index contributed by atoms with van der Waals surface area (Å²) < 4.78 is 16.5. The molecule has 3 aliphatic heterocycles. The predicted octanol–water partition coefficient (Wildman–Crippen LogP) is 3.80. The molecule has 6 nitrogen and oxygen atoms in total. The number of anilines is 1. The van der Waals surface area contributed by atoms with Gasteiger partial charge in [0.15, 0.2) is 17.3 Å². The first-order valence-electron chi connectivity index (χ1n) is 10.7. The number of carbonyl (C=O) groups excluding carboxylic acids is 2. The maximum atomic E-state index is 12.6. The van der Waals surface area contributed by atoms with Crippen LogP contribution < -0.4 is 19.1 Å². The van der Waals surface area contributed by atoms with Crippen LogP contribution in [0, 0.1) is 5.92 Å². The number of benzene rings is 2. The number of fused-ring (bicyclic) bond motifs is 2. The molecular formula is C24H25NO5. The van der Waals surface area contributed by atoms with E-state index in [0.29, 0.717) is 43.3 Å². The second-order valence-electron chi connectivity index (χ2n) is 8.19. The van der Waals surface area contributed by atoms with E-state index in [9.17, 15) is 9.59 Å². The number of carbonyl (C=O) groups is 2. The first kappa shape index (κ1) is 19.0. The van der Waals surface area contributed by atoms with Crippen molar-refractivity contribution in [2.24, 2.45) is 5.92 Å². The normalized spacial score (nSPS) is 18.1. The van der Waals surface area contributed by atoms with Gasteiger partial charge in [-0.2, -0.15) is 0 Å². The second kappa shape index (κ2) is 8.01. The van der Waals surface area contributed by atoms with Crippen molar-refractivity contribution in [2.75, 3.05) is 31.2 Å². The lowest BCUT2D eigenvalue weighted by Crippen LogP contribution is -2.33. The molecular weight excluding hydrogens is 382 g/mol. The molecule has 0 aliphatic carbocycles. The van der Waals surface area contributed by atoms with E-state index >= 15 is 0 Å². The van der Waals surface area contributed by atoms with Gasteiger partial charge in [0.2, 0.25) is 0 Å². The fourth-order valence-corrected chi connectivity index (χ4v) is 4.47. The molecule has 0 bridgehead atoms. The standard InChI is InChI=1S/C24H25NO5/c26-20(17-2-3-18-14-24(27)30-22(18)13-17)5-1-16-7-9-25(10-8-16)19-4-6-21-23(15-19)29-12-11-28-21/h2-4,6,13,15-16H,1,5,7-12,14H2. The van der Waals surface area contributed by atoms with Crippen LogP contribution >= 0.6 is 0 Å². The van der Waals surface area contributed by atoms with Gasteiger partial charge in [0.1, 0.15) is 19.0 Å². The molecule has 0 unspecified atom stereocenters. The molecule has 1 saturated heterocycles. The highest BCUT2D eigenvalue weighted by Crippen LogP contribution is 2.36. The Morgan fingerprint density at radius 1 is 0.967 bits per heavy atom. The van der Waals surface area contributed by atoms with Crippen LogP contribution in [0.2, 0.25) is 0 Å². The molecule has 1 fully saturated rings. The van der Waals surface area contributed by atoms with Crippen molar-refractivity contribution in [3.63, 3.8) is 0 Å². The van der Waals surface area contributed by atoms with Gasteiger partial charge < -0.3 is 19.1 Å². The van der Waals surface area contributed by atoms with Crippen LogP contribution in [0.25, 0.3) is 0 Å². The van der Waals surface area contributed by atoms with Crippen molar-refractivity contribution >= 4 is 17.4 Å². The summed E-state index contributed by atoms with van der Waals surface area (Å²) in [4.78, 5) is 26.4. The molecule has 0 spiro atoms. The average Bonchev–Trinajstić information content (AvgIpc) is 3.16. The van der Waals surface area contributed by atoms with E-state index in [1.165, 1.54) is 5.69 Å². The van der Waals surface area contributed by atoms with Crippen molar-refractivity contribution in [3.05, 3.63) is 47.5 Å². The zero-order chi connectivity index (χ0) is 20.5. The van der Waals surface area contributed by atoms with Crippen LogP contribution in [0.3, 0.4) is 0 Å². The quantitative estimate of drug-likeness (QED) is 0.427. The summed E-state index contributed by atoms with van der Waals surface area (Å²) in [5.41, 5.74) is 2.67. The summed E-state index contributed by atoms with van der Waals surface area (Å²) in [5.74, 6) is 2.61. The Morgan fingerprint density at radius 2 is 1.77 bits per heavy atom. The number of Topliss-reactive ketones (excluding diaryl/α,β-unsaturated/α-hetero) is 1. The lowest BCUT2D eigenvalue weighted by molar-refractivity contribution is -0.131. The van der Waals surface area contributed by atoms with Crippen LogP contribution in [0.1, 0.15) is 41.6 Å². The largest absolute Gasteiger partial charge is 0.486 e. The van der Waals surface area contributed by atoms with Crippen molar-refractivity contribution in [1.29, 1.82) is 0 Å². The summed E-state index contributed by atoms with van der Waals surface area (Å²) in [6.45, 7) is 3.16. The maximum Gasteiger partial charge on any atom is 0.315 e. The van der Waals surface area contributed by atoms with E-state index in [4.69, 9.17) is 14.2 Å². The Morgan fingerprint density at radius 3 is 2.60 bits per heavy atom. The third kappa shape index (κ3) is 3.86. The fourth-order valence-electron chi connectivity index (χ4n) is 4.47. The molecule has 156 valence electrons. The molecule has 0 saturated carbocycles. The first-order valence-corrected chi connectivity index (χ1v) is 10.7. The van der Waals surface area contributed by atoms with Gasteiger partial charge >= 0.3 is 5.97 Å². The van der Waals surface area contributed by atoms with Gasteiger partial charge in [-0.1, -0.05) is 12.1 Å². The maximum absolute atomic E-state index is 12.6. The number of piperidine rings is 1. The Labute approximate surface area is 175 Å². The molecule has 2 aromatic carbocycles. The van der Waals surface area contributed by atoms with Gasteiger partial charge in [-0.25, -0.2) is 0 Å². The molecule has 3 aliphatic rings. The van der Waals surface area contributed by atoms with Crippen LogP contribution in [0.5, 0.6) is 17.2 Å². The molecule has 0 aromatic heterocycles. The van der Waals surface area contributed by atoms with Crippen molar-refractivity contribution in [2.45, 2.75) is 32.1 Å². The average molecular weight is 407 g/mol. The predicted molar refractivity (Wildman–Crippen MR) is 112 cm³/mol. The molecule has 0 atom stereocenters. The minimum Gasteiger partial charge on any atom is -0.486 e. The number of esters is 1. The zero-order valence-electron chi connectivity index (χ0n) is 16.9. The molecule has 2 aromatic rings. The SMILES string of the molecule is O=C1Cc2ccc(C(=O)CCC3CCN(c4ccc5c(c4)OCCO5)CC3)cc2O1. The minimum absolute atomic E-state index is 0.120. The second-order valence-corrected chi connectivity index (χ2v) is 8.19. The zero-order valence-corrected chi connectivity index (χ0v) is 16.9. The molecule has 30 heavy (non-hydrogen) atoms. The molecule has 0 radical (unpaired) electrons. The highest BCUT2D eigenvalue weighted by molar-refractivity contribution is 5.97. The number of hydrogen-bond acceptors (Lipinski definition) is 6. The highest BCUT2D eigenvalue weighted by Gasteiger charge is 2.24. The molecule has 0 amide bonds. The third-order valence-corrected chi connectivity index (χ3v) is 6.23. The third-order valence-electron chi connectivity index (χ3n) is 6.23. The van der Waals surface area contributed by atoms with E-state index in [0.717, 1.165) is 49.4 Å². The fraction of sp³-hybridized carbons (Fsp3) is 0.417. The van der Waals surface area contributed by atoms with Gasteiger partial charge in [-0.3, -0.25) is 9.59 Å². The topological polar surface area (TPSA) is 65.1 Å². The van der Waals surface area contributed by atoms with E-state index in [-0.39, 0.29) is 11.8 Å². The first-order chi connectivity index (χ1) is 14.7. The van der Waals surface area contributed by atoms with Crippen molar-refractivity contribution in [3.8, 4) is 17.2 Å². The van der Waals surface area contributed by atoms with E-state index in [2.05, 4.69) is 17.0 Å². The summed E-state index contributed by atoms with van der Waals surface area (Å²) >= 11 is 0. The van der Waals surface area contributed by atoms with Crippen molar-refractivity contribution in [1.82, 2.24) is 0 Å². The lowest BCUT2D eigenvalue weighted by atomic mass is 9.90. The number of rotatable bonds is 5. The number of ketones is 1. The summed E-state index contributed by atoms with van der Waals surface area (Å²) in [6, 6.07) is 11.5. The van der Waals surface area contributed by atoms with Gasteiger partial charge in [-0.05, 0) is 43.4 Å². The van der Waals surface area contributed by atoms with Gasteiger partial charge in [-0.15, -0.1) is 0 Å². The number of hydrogen-bond donors (Lipinski definition) is 0. The van der Waals surface area contributed by atoms with Crippen LogP contribution in [0.15, 0.2) is 36.4 Å². The van der Waals surface area contributed by atoms with E-state index in [1.54, 1.807) is 6.07 Å². The Hall–Kier alpha value is -3.02. The summed E-state index contributed by atoms with van der Waals surface area (Å²) in [7, 11) is 0. The van der Waals surface area contributed by atoms with Gasteiger partial charge in [0.25, 0.3) is 0 Å². The Kier molecular flexibility index (Phi) is 5.07. The molecule has 5 rings (SSSR count). The minimum atomic E-state index is -0.251. The number of nitrogens with zero attached hydrogens (tertiary/aromatic N) is 1.